The molecule has 0 saturated carbocycles. The first-order chi connectivity index (χ1) is 8.24. The smallest absolute Gasteiger partial charge is 0.335 e. The molecule has 0 spiro atoms. The van der Waals surface area contributed by atoms with Crippen LogP contribution in [-0.4, -0.2) is 29.3 Å². The number of aromatic nitrogens is 1. The molecule has 4 nitrogen and oxygen atoms in total. The van der Waals surface area contributed by atoms with Crippen molar-refractivity contribution in [2.24, 2.45) is 0 Å². The lowest BCUT2D eigenvalue weighted by atomic mass is 10.1. The van der Waals surface area contributed by atoms with Crippen LogP contribution in [0.4, 0.5) is 0 Å². The van der Waals surface area contributed by atoms with Gasteiger partial charge in [-0.3, -0.25) is 0 Å². The van der Waals surface area contributed by atoms with Gasteiger partial charge < -0.3 is 9.84 Å². The molecule has 1 aromatic heterocycles. The molecule has 88 valence electrons. The highest BCUT2D eigenvalue weighted by atomic mass is 32.1. The predicted octanol–water partition coefficient (Wildman–Crippen LogP) is 2.50. The maximum atomic E-state index is 10.9. The number of carboxylic acid groups (broad SMARTS) is 1. The van der Waals surface area contributed by atoms with Crippen LogP contribution in [0.2, 0.25) is 0 Å². The lowest BCUT2D eigenvalue weighted by Crippen LogP contribution is -1.95. The van der Waals surface area contributed by atoms with E-state index in [9.17, 15) is 4.79 Å². The number of ether oxygens (including phenoxy) is 1. The van der Waals surface area contributed by atoms with Crippen LogP contribution in [0.25, 0.3) is 10.2 Å². The first-order valence-corrected chi connectivity index (χ1v) is 6.27. The normalized spacial score (nSPS) is 19.9. The van der Waals surface area contributed by atoms with E-state index in [0.29, 0.717) is 11.5 Å². The highest BCUT2D eigenvalue weighted by molar-refractivity contribution is 7.18. The fourth-order valence-electron chi connectivity index (χ4n) is 1.98. The highest BCUT2D eigenvalue weighted by Crippen LogP contribution is 2.32. The van der Waals surface area contributed by atoms with Gasteiger partial charge in [0, 0.05) is 12.5 Å². The van der Waals surface area contributed by atoms with Gasteiger partial charge in [-0.2, -0.15) is 0 Å². The molecule has 0 aliphatic carbocycles. The van der Waals surface area contributed by atoms with Gasteiger partial charge in [-0.1, -0.05) is 0 Å². The summed E-state index contributed by atoms with van der Waals surface area (Å²) in [6.45, 7) is 1.52. The van der Waals surface area contributed by atoms with Crippen molar-refractivity contribution in [3.63, 3.8) is 0 Å². The van der Waals surface area contributed by atoms with Crippen LogP contribution in [0, 0.1) is 0 Å². The molecule has 17 heavy (non-hydrogen) atoms. The van der Waals surface area contributed by atoms with Crippen LogP contribution >= 0.6 is 11.3 Å². The number of nitrogens with zero attached hydrogens (tertiary/aromatic N) is 1. The van der Waals surface area contributed by atoms with Gasteiger partial charge in [-0.15, -0.1) is 11.3 Å². The van der Waals surface area contributed by atoms with Crippen molar-refractivity contribution in [1.82, 2.24) is 4.98 Å². The van der Waals surface area contributed by atoms with Crippen LogP contribution < -0.4 is 0 Å². The largest absolute Gasteiger partial charge is 0.478 e. The molecule has 1 atom stereocenters. The molecule has 2 heterocycles. The Morgan fingerprint density at radius 3 is 3.12 bits per heavy atom. The summed E-state index contributed by atoms with van der Waals surface area (Å²) in [7, 11) is 0. The van der Waals surface area contributed by atoms with E-state index in [-0.39, 0.29) is 0 Å². The molecular formula is C12H11NO3S. The zero-order valence-corrected chi connectivity index (χ0v) is 9.87. The van der Waals surface area contributed by atoms with Crippen molar-refractivity contribution in [1.29, 1.82) is 0 Å². The Hall–Kier alpha value is -1.46. The van der Waals surface area contributed by atoms with E-state index in [0.717, 1.165) is 34.9 Å². The topological polar surface area (TPSA) is 59.4 Å². The average Bonchev–Trinajstić information content (AvgIpc) is 2.96. The summed E-state index contributed by atoms with van der Waals surface area (Å²) in [4.78, 5) is 15.4. The molecule has 0 radical (unpaired) electrons. The van der Waals surface area contributed by atoms with Gasteiger partial charge >= 0.3 is 5.97 Å². The van der Waals surface area contributed by atoms with Crippen LogP contribution in [-0.2, 0) is 4.74 Å². The number of carboxylic acids is 1. The SMILES string of the molecule is O=C(O)c1ccc2nc(C3CCOC3)sc2c1. The van der Waals surface area contributed by atoms with Crippen LogP contribution in [0.3, 0.4) is 0 Å². The van der Waals surface area contributed by atoms with Crippen LogP contribution in [0.5, 0.6) is 0 Å². The quantitative estimate of drug-likeness (QED) is 0.888. The van der Waals surface area contributed by atoms with E-state index in [2.05, 4.69) is 4.98 Å². The van der Waals surface area contributed by atoms with Gasteiger partial charge in [0.1, 0.15) is 0 Å². The number of hydrogen-bond acceptors (Lipinski definition) is 4. The summed E-state index contributed by atoms with van der Waals surface area (Å²) in [5.74, 6) is -0.522. The van der Waals surface area contributed by atoms with Gasteiger partial charge in [0.15, 0.2) is 0 Å². The Bertz CT molecular complexity index is 572. The van der Waals surface area contributed by atoms with E-state index in [1.807, 2.05) is 0 Å². The molecule has 1 aliphatic rings. The standard InChI is InChI=1S/C12H11NO3S/c14-12(15)7-1-2-9-10(5-7)17-11(13-9)8-3-4-16-6-8/h1-2,5,8H,3-4,6H2,(H,14,15). The summed E-state index contributed by atoms with van der Waals surface area (Å²) < 4.78 is 6.28. The molecule has 0 bridgehead atoms. The minimum absolute atomic E-state index is 0.315. The predicted molar refractivity (Wildman–Crippen MR) is 64.8 cm³/mol. The summed E-state index contributed by atoms with van der Waals surface area (Å²) in [5.41, 5.74) is 1.19. The molecule has 1 aliphatic heterocycles. The minimum atomic E-state index is -0.897. The van der Waals surface area contributed by atoms with Gasteiger partial charge in [0.2, 0.25) is 0 Å². The van der Waals surface area contributed by atoms with Crippen molar-refractivity contribution in [2.45, 2.75) is 12.3 Å². The maximum Gasteiger partial charge on any atom is 0.335 e. The van der Waals surface area contributed by atoms with Crippen molar-refractivity contribution < 1.29 is 14.6 Å². The summed E-state index contributed by atoms with van der Waals surface area (Å²) in [6.07, 6.45) is 1.01. The first kappa shape index (κ1) is 10.7. The third kappa shape index (κ3) is 1.92. The Morgan fingerprint density at radius 2 is 2.41 bits per heavy atom. The van der Waals surface area contributed by atoms with E-state index >= 15 is 0 Å². The van der Waals surface area contributed by atoms with Gasteiger partial charge in [0.05, 0.1) is 27.4 Å². The van der Waals surface area contributed by atoms with Gasteiger partial charge in [-0.05, 0) is 24.6 Å². The van der Waals surface area contributed by atoms with Crippen molar-refractivity contribution in [2.75, 3.05) is 13.2 Å². The number of carbonyl (C=O) groups is 1. The number of aromatic carboxylic acids is 1. The molecule has 0 amide bonds. The second-order valence-corrected chi connectivity index (χ2v) is 5.16. The summed E-state index contributed by atoms with van der Waals surface area (Å²) in [5, 5.41) is 9.98. The number of rotatable bonds is 2. The molecule has 1 N–H and O–H groups in total. The van der Waals surface area contributed by atoms with E-state index < -0.39 is 5.97 Å². The van der Waals surface area contributed by atoms with Crippen molar-refractivity contribution >= 4 is 27.5 Å². The Kier molecular flexibility index (Phi) is 2.57. The first-order valence-electron chi connectivity index (χ1n) is 5.45. The maximum absolute atomic E-state index is 10.9. The Balaban J connectivity index is 2.03. The van der Waals surface area contributed by atoms with E-state index in [4.69, 9.17) is 9.84 Å². The molecule has 3 rings (SSSR count). The Labute approximate surface area is 102 Å². The fraction of sp³-hybridized carbons (Fsp3) is 0.333. The van der Waals surface area contributed by atoms with E-state index in [1.54, 1.807) is 29.5 Å². The summed E-state index contributed by atoms with van der Waals surface area (Å²) >= 11 is 1.57. The second-order valence-electron chi connectivity index (χ2n) is 4.10. The summed E-state index contributed by atoms with van der Waals surface area (Å²) in [6, 6.07) is 5.06. The lowest BCUT2D eigenvalue weighted by molar-refractivity contribution is 0.0697. The number of fused-ring (bicyclic) bond motifs is 1. The molecule has 1 fully saturated rings. The molecule has 1 aromatic carbocycles. The minimum Gasteiger partial charge on any atom is -0.478 e. The monoisotopic (exact) mass is 249 g/mol. The highest BCUT2D eigenvalue weighted by Gasteiger charge is 2.21. The molecule has 2 aromatic rings. The average molecular weight is 249 g/mol. The van der Waals surface area contributed by atoms with Crippen molar-refractivity contribution in [3.8, 4) is 0 Å². The van der Waals surface area contributed by atoms with Crippen molar-refractivity contribution in [3.05, 3.63) is 28.8 Å². The zero-order valence-electron chi connectivity index (χ0n) is 9.05. The zero-order chi connectivity index (χ0) is 11.8. The number of benzene rings is 1. The lowest BCUT2D eigenvalue weighted by Gasteiger charge is -1.99. The second kappa shape index (κ2) is 4.09. The van der Waals surface area contributed by atoms with Crippen LogP contribution in [0.1, 0.15) is 27.7 Å². The molecular weight excluding hydrogens is 238 g/mol. The fourth-order valence-corrected chi connectivity index (χ4v) is 3.11. The molecule has 1 unspecified atom stereocenters. The van der Waals surface area contributed by atoms with E-state index in [1.165, 1.54) is 0 Å². The number of hydrogen-bond donors (Lipinski definition) is 1. The molecule has 1 saturated heterocycles. The van der Waals surface area contributed by atoms with Gasteiger partial charge in [-0.25, -0.2) is 9.78 Å². The third-order valence-corrected chi connectivity index (χ3v) is 4.11. The number of thiazole rings is 1. The van der Waals surface area contributed by atoms with Crippen LogP contribution in [0.15, 0.2) is 18.2 Å². The third-order valence-electron chi connectivity index (χ3n) is 2.93. The Morgan fingerprint density at radius 1 is 1.53 bits per heavy atom. The molecule has 5 heteroatoms. The van der Waals surface area contributed by atoms with Gasteiger partial charge in [0.25, 0.3) is 0 Å².